The van der Waals surface area contributed by atoms with Crippen molar-refractivity contribution in [3.05, 3.63) is 95.0 Å². The fraction of sp³-hybridized carbons (Fsp3) is 0.231. The van der Waals surface area contributed by atoms with Crippen molar-refractivity contribution in [2.24, 2.45) is 0 Å². The van der Waals surface area contributed by atoms with Gasteiger partial charge in [0.05, 0.1) is 17.3 Å². The monoisotopic (exact) mass is 463 g/mol. The van der Waals surface area contributed by atoms with Crippen LogP contribution in [0.5, 0.6) is 5.75 Å². The summed E-state index contributed by atoms with van der Waals surface area (Å²) in [5.41, 5.74) is 2.33. The zero-order valence-corrected chi connectivity index (χ0v) is 19.0. The molecule has 4 rings (SSSR count). The van der Waals surface area contributed by atoms with E-state index >= 15 is 0 Å². The third-order valence-electron chi connectivity index (χ3n) is 5.52. The number of anilines is 1. The van der Waals surface area contributed by atoms with Crippen molar-refractivity contribution in [2.75, 3.05) is 38.0 Å². The minimum absolute atomic E-state index is 0.00946. The Morgan fingerprint density at radius 3 is 2.21 bits per heavy atom. The molecule has 0 bridgehead atoms. The van der Waals surface area contributed by atoms with Crippen LogP contribution in [0.4, 0.5) is 5.69 Å². The summed E-state index contributed by atoms with van der Waals surface area (Å²) in [4.78, 5) is 29.1. The lowest BCUT2D eigenvalue weighted by Gasteiger charge is -2.34. The van der Waals surface area contributed by atoms with Gasteiger partial charge in [-0.25, -0.2) is 0 Å². The van der Waals surface area contributed by atoms with Crippen LogP contribution in [-0.2, 0) is 11.4 Å². The smallest absolute Gasteiger partial charge is 0.253 e. The highest BCUT2D eigenvalue weighted by Crippen LogP contribution is 2.20. The number of hydrogen-bond acceptors (Lipinski definition) is 4. The molecule has 0 aliphatic carbocycles. The SMILES string of the molecule is O=C(CN1CCN(C(=O)c2ccc(OCc3ccccc3)cc2)CC1)Nc1ccccc1Cl. The fourth-order valence-electron chi connectivity index (χ4n) is 3.68. The van der Waals surface area contributed by atoms with Crippen molar-refractivity contribution in [2.45, 2.75) is 6.61 Å². The van der Waals surface area contributed by atoms with Gasteiger partial charge in [0, 0.05) is 31.7 Å². The second kappa shape index (κ2) is 11.0. The van der Waals surface area contributed by atoms with Gasteiger partial charge in [-0.15, -0.1) is 0 Å². The molecule has 170 valence electrons. The second-order valence-electron chi connectivity index (χ2n) is 7.90. The van der Waals surface area contributed by atoms with E-state index < -0.39 is 0 Å². The Labute approximate surface area is 198 Å². The van der Waals surface area contributed by atoms with Crippen molar-refractivity contribution >= 4 is 29.1 Å². The molecule has 1 aliphatic rings. The first-order chi connectivity index (χ1) is 16.1. The van der Waals surface area contributed by atoms with Crippen LogP contribution in [0.15, 0.2) is 78.9 Å². The Kier molecular flexibility index (Phi) is 7.60. The highest BCUT2D eigenvalue weighted by atomic mass is 35.5. The van der Waals surface area contributed by atoms with Crippen LogP contribution in [0.3, 0.4) is 0 Å². The molecule has 1 heterocycles. The largest absolute Gasteiger partial charge is 0.489 e. The Hall–Kier alpha value is -3.35. The van der Waals surface area contributed by atoms with E-state index in [1.807, 2.05) is 64.4 Å². The van der Waals surface area contributed by atoms with E-state index in [1.165, 1.54) is 0 Å². The topological polar surface area (TPSA) is 61.9 Å². The number of carbonyl (C=O) groups excluding carboxylic acids is 2. The summed E-state index contributed by atoms with van der Waals surface area (Å²) >= 11 is 6.10. The maximum absolute atomic E-state index is 12.9. The molecule has 0 unspecified atom stereocenters. The Morgan fingerprint density at radius 1 is 0.848 bits per heavy atom. The maximum atomic E-state index is 12.9. The normalized spacial score (nSPS) is 14.0. The van der Waals surface area contributed by atoms with Crippen LogP contribution in [0.2, 0.25) is 5.02 Å². The van der Waals surface area contributed by atoms with Crippen molar-refractivity contribution in [1.29, 1.82) is 0 Å². The van der Waals surface area contributed by atoms with Crippen molar-refractivity contribution < 1.29 is 14.3 Å². The Morgan fingerprint density at radius 2 is 1.52 bits per heavy atom. The predicted molar refractivity (Wildman–Crippen MR) is 130 cm³/mol. The van der Waals surface area contributed by atoms with E-state index in [-0.39, 0.29) is 18.4 Å². The molecule has 0 aromatic heterocycles. The third-order valence-corrected chi connectivity index (χ3v) is 5.85. The van der Waals surface area contributed by atoms with Crippen LogP contribution < -0.4 is 10.1 Å². The summed E-state index contributed by atoms with van der Waals surface area (Å²) < 4.78 is 5.80. The molecule has 3 aromatic rings. The summed E-state index contributed by atoms with van der Waals surface area (Å²) in [5.74, 6) is 0.600. The van der Waals surface area contributed by atoms with Gasteiger partial charge in [-0.1, -0.05) is 54.1 Å². The molecule has 0 spiro atoms. The first-order valence-electron chi connectivity index (χ1n) is 10.9. The van der Waals surface area contributed by atoms with Gasteiger partial charge in [0.25, 0.3) is 5.91 Å². The van der Waals surface area contributed by atoms with Gasteiger partial charge in [0.1, 0.15) is 12.4 Å². The lowest BCUT2D eigenvalue weighted by atomic mass is 10.1. The molecule has 3 aromatic carbocycles. The van der Waals surface area contributed by atoms with E-state index in [1.54, 1.807) is 24.3 Å². The molecule has 1 aliphatic heterocycles. The molecular weight excluding hydrogens is 438 g/mol. The number of amides is 2. The molecule has 2 amide bonds. The molecule has 0 radical (unpaired) electrons. The molecule has 1 N–H and O–H groups in total. The lowest BCUT2D eigenvalue weighted by Crippen LogP contribution is -2.50. The lowest BCUT2D eigenvalue weighted by molar-refractivity contribution is -0.117. The number of nitrogens with zero attached hydrogens (tertiary/aromatic N) is 2. The van der Waals surface area contributed by atoms with Crippen molar-refractivity contribution in [3.63, 3.8) is 0 Å². The minimum atomic E-state index is -0.117. The number of piperazine rings is 1. The molecule has 0 saturated carbocycles. The zero-order chi connectivity index (χ0) is 23.0. The van der Waals surface area contributed by atoms with Gasteiger partial charge in [0.2, 0.25) is 5.91 Å². The molecule has 0 atom stereocenters. The average Bonchev–Trinajstić information content (AvgIpc) is 2.85. The van der Waals surface area contributed by atoms with E-state index in [2.05, 4.69) is 5.32 Å². The molecular formula is C26H26ClN3O3. The predicted octanol–water partition coefficient (Wildman–Crippen LogP) is 4.32. The number of hydrogen-bond donors (Lipinski definition) is 1. The summed E-state index contributed by atoms with van der Waals surface area (Å²) in [6.07, 6.45) is 0. The summed E-state index contributed by atoms with van der Waals surface area (Å²) in [6.45, 7) is 3.18. The van der Waals surface area contributed by atoms with Crippen molar-refractivity contribution in [1.82, 2.24) is 9.80 Å². The van der Waals surface area contributed by atoms with E-state index in [9.17, 15) is 9.59 Å². The van der Waals surface area contributed by atoms with E-state index in [4.69, 9.17) is 16.3 Å². The number of nitrogens with one attached hydrogen (secondary N) is 1. The molecule has 1 saturated heterocycles. The highest BCUT2D eigenvalue weighted by Gasteiger charge is 2.23. The minimum Gasteiger partial charge on any atom is -0.489 e. The van der Waals surface area contributed by atoms with E-state index in [0.29, 0.717) is 49.1 Å². The van der Waals surface area contributed by atoms with Gasteiger partial charge in [-0.3, -0.25) is 14.5 Å². The number of halogens is 1. The molecule has 33 heavy (non-hydrogen) atoms. The van der Waals surface area contributed by atoms with Gasteiger partial charge < -0.3 is 15.0 Å². The number of carbonyl (C=O) groups is 2. The van der Waals surface area contributed by atoms with Crippen LogP contribution in [-0.4, -0.2) is 54.3 Å². The Bertz CT molecular complexity index is 1080. The van der Waals surface area contributed by atoms with Gasteiger partial charge in [0.15, 0.2) is 0 Å². The number of benzene rings is 3. The number of ether oxygens (including phenoxy) is 1. The third kappa shape index (κ3) is 6.34. The molecule has 7 heteroatoms. The first kappa shape index (κ1) is 22.8. The fourth-order valence-corrected chi connectivity index (χ4v) is 3.86. The van der Waals surface area contributed by atoms with Crippen LogP contribution in [0.25, 0.3) is 0 Å². The zero-order valence-electron chi connectivity index (χ0n) is 18.2. The second-order valence-corrected chi connectivity index (χ2v) is 8.30. The molecule has 6 nitrogen and oxygen atoms in total. The highest BCUT2D eigenvalue weighted by molar-refractivity contribution is 6.33. The maximum Gasteiger partial charge on any atom is 0.253 e. The van der Waals surface area contributed by atoms with Gasteiger partial charge >= 0.3 is 0 Å². The summed E-state index contributed by atoms with van der Waals surface area (Å²) in [7, 11) is 0. The quantitative estimate of drug-likeness (QED) is 0.567. The van der Waals surface area contributed by atoms with Crippen LogP contribution >= 0.6 is 11.6 Å². The summed E-state index contributed by atoms with van der Waals surface area (Å²) in [6, 6.07) is 24.4. The summed E-state index contributed by atoms with van der Waals surface area (Å²) in [5, 5.41) is 3.35. The van der Waals surface area contributed by atoms with Crippen LogP contribution in [0.1, 0.15) is 15.9 Å². The standard InChI is InChI=1S/C26H26ClN3O3/c27-23-8-4-5-9-24(23)28-25(31)18-29-14-16-30(17-15-29)26(32)21-10-12-22(13-11-21)33-19-20-6-2-1-3-7-20/h1-13H,14-19H2,(H,28,31). The van der Waals surface area contributed by atoms with Crippen LogP contribution in [0, 0.1) is 0 Å². The van der Waals surface area contributed by atoms with Gasteiger partial charge in [-0.2, -0.15) is 0 Å². The number of para-hydroxylation sites is 1. The Balaban J connectivity index is 1.23. The first-order valence-corrected chi connectivity index (χ1v) is 11.3. The van der Waals surface area contributed by atoms with Crippen molar-refractivity contribution in [3.8, 4) is 5.75 Å². The molecule has 1 fully saturated rings. The average molecular weight is 464 g/mol. The van der Waals surface area contributed by atoms with Gasteiger partial charge in [-0.05, 0) is 42.0 Å². The number of rotatable bonds is 7. The van der Waals surface area contributed by atoms with E-state index in [0.717, 1.165) is 11.3 Å².